The Bertz CT molecular complexity index is 471. The van der Waals surface area contributed by atoms with Gasteiger partial charge in [-0.1, -0.05) is 73.3 Å². The second kappa shape index (κ2) is 6.31. The van der Waals surface area contributed by atoms with Crippen LogP contribution in [0.25, 0.3) is 4.91 Å². The highest BCUT2D eigenvalue weighted by molar-refractivity contribution is 8.08. The zero-order chi connectivity index (χ0) is 11.9. The summed E-state index contributed by atoms with van der Waals surface area (Å²) < 4.78 is 0. The number of rotatable bonds is 4. The van der Waals surface area contributed by atoms with E-state index < -0.39 is 0 Å². The van der Waals surface area contributed by atoms with Gasteiger partial charge in [0.1, 0.15) is 0 Å². The molecule has 0 unspecified atom stereocenters. The first-order valence-electron chi connectivity index (χ1n) is 5.88. The normalized spacial score (nSPS) is 11.5. The van der Waals surface area contributed by atoms with Crippen LogP contribution in [-0.4, -0.2) is 0 Å². The molecule has 1 heteroatoms. The van der Waals surface area contributed by atoms with Gasteiger partial charge in [-0.05, 0) is 24.1 Å². The van der Waals surface area contributed by atoms with Gasteiger partial charge in [-0.25, -0.2) is 0 Å². The van der Waals surface area contributed by atoms with E-state index in [4.69, 9.17) is 0 Å². The second-order valence-corrected chi connectivity index (χ2v) is 4.87. The van der Waals surface area contributed by atoms with Crippen molar-refractivity contribution in [3.63, 3.8) is 0 Å². The zero-order valence-corrected chi connectivity index (χ0v) is 10.8. The lowest BCUT2D eigenvalue weighted by molar-refractivity contribution is 1.23. The molecule has 2 aromatic rings. The minimum Gasteiger partial charge on any atom is -0.0898 e. The second-order valence-electron chi connectivity index (χ2n) is 3.76. The molecule has 0 spiro atoms. The minimum absolute atomic E-state index is 1.06. The van der Waals surface area contributed by atoms with Crippen molar-refractivity contribution in [3.8, 4) is 0 Å². The van der Waals surface area contributed by atoms with Gasteiger partial charge in [0.25, 0.3) is 0 Å². The molecule has 0 amide bonds. The maximum Gasteiger partial charge on any atom is 0.0154 e. The zero-order valence-electron chi connectivity index (χ0n) is 9.97. The largest absolute Gasteiger partial charge is 0.0898 e. The van der Waals surface area contributed by atoms with Gasteiger partial charge in [0.05, 0.1) is 0 Å². The van der Waals surface area contributed by atoms with Crippen molar-refractivity contribution in [2.24, 2.45) is 0 Å². The van der Waals surface area contributed by atoms with Gasteiger partial charge in [0, 0.05) is 9.80 Å². The fourth-order valence-electron chi connectivity index (χ4n) is 1.62. The van der Waals surface area contributed by atoms with Crippen LogP contribution < -0.4 is 0 Å². The molecule has 0 aliphatic heterocycles. The van der Waals surface area contributed by atoms with E-state index in [1.54, 1.807) is 0 Å². The van der Waals surface area contributed by atoms with E-state index in [0.29, 0.717) is 0 Å². The van der Waals surface area contributed by atoms with Crippen LogP contribution in [-0.2, 0) is 0 Å². The fraction of sp³-hybridized carbons (Fsp3) is 0.125. The number of allylic oxidation sites excluding steroid dienone is 1. The molecular weight excluding hydrogens is 224 g/mol. The third kappa shape index (κ3) is 3.50. The molecular formula is C16H16S. The van der Waals surface area contributed by atoms with E-state index in [9.17, 15) is 0 Å². The Morgan fingerprint density at radius 1 is 0.941 bits per heavy atom. The predicted octanol–water partition coefficient (Wildman–Crippen LogP) is 5.23. The third-order valence-corrected chi connectivity index (χ3v) is 3.55. The van der Waals surface area contributed by atoms with Gasteiger partial charge in [0.2, 0.25) is 0 Å². The first-order valence-corrected chi connectivity index (χ1v) is 6.70. The maximum absolute atomic E-state index is 2.28. The predicted molar refractivity (Wildman–Crippen MR) is 77.0 cm³/mol. The van der Waals surface area contributed by atoms with Crippen molar-refractivity contribution in [1.82, 2.24) is 0 Å². The van der Waals surface area contributed by atoms with Crippen LogP contribution in [0.4, 0.5) is 0 Å². The molecule has 0 atom stereocenters. The van der Waals surface area contributed by atoms with E-state index in [1.165, 1.54) is 15.4 Å². The topological polar surface area (TPSA) is 0 Å². The van der Waals surface area contributed by atoms with E-state index in [2.05, 4.69) is 73.7 Å². The minimum atomic E-state index is 1.06. The van der Waals surface area contributed by atoms with E-state index in [0.717, 1.165) is 6.42 Å². The van der Waals surface area contributed by atoms with Gasteiger partial charge in [-0.2, -0.15) is 0 Å². The molecule has 0 fully saturated rings. The molecule has 0 saturated carbocycles. The summed E-state index contributed by atoms with van der Waals surface area (Å²) in [5.74, 6) is 0. The Balaban J connectivity index is 2.23. The van der Waals surface area contributed by atoms with Crippen molar-refractivity contribution >= 4 is 16.7 Å². The van der Waals surface area contributed by atoms with Crippen molar-refractivity contribution in [1.29, 1.82) is 0 Å². The average Bonchev–Trinajstić information content (AvgIpc) is 2.40. The molecule has 2 rings (SSSR count). The first kappa shape index (κ1) is 12.0. The van der Waals surface area contributed by atoms with Crippen molar-refractivity contribution in [3.05, 3.63) is 72.3 Å². The molecule has 0 radical (unpaired) electrons. The molecule has 0 nitrogen and oxygen atoms in total. The number of benzene rings is 2. The number of hydrogen-bond acceptors (Lipinski definition) is 1. The number of thioether (sulfide) groups is 1. The van der Waals surface area contributed by atoms with Crippen molar-refractivity contribution in [2.45, 2.75) is 18.2 Å². The molecule has 2 aromatic carbocycles. The highest BCUT2D eigenvalue weighted by Crippen LogP contribution is 2.34. The Kier molecular flexibility index (Phi) is 4.45. The lowest BCUT2D eigenvalue weighted by atomic mass is 10.2. The third-order valence-electron chi connectivity index (χ3n) is 2.42. The van der Waals surface area contributed by atoms with Gasteiger partial charge in [-0.3, -0.25) is 0 Å². The standard InChI is InChI=1S/C16H16S/c1-2-9-16(14-10-5-3-6-11-14)17-15-12-7-4-8-13-15/h3-13H,2H2,1H3/b16-9-. The summed E-state index contributed by atoms with van der Waals surface area (Å²) in [6.07, 6.45) is 3.34. The molecule has 0 N–H and O–H groups in total. The SMILES string of the molecule is CC/C=C(\Sc1ccccc1)c1ccccc1. The average molecular weight is 240 g/mol. The fourth-order valence-corrected chi connectivity index (χ4v) is 2.67. The Morgan fingerprint density at radius 3 is 2.12 bits per heavy atom. The molecule has 0 aliphatic rings. The summed E-state index contributed by atoms with van der Waals surface area (Å²) in [6, 6.07) is 21.1. The maximum atomic E-state index is 2.28. The lowest BCUT2D eigenvalue weighted by Crippen LogP contribution is -1.80. The van der Waals surface area contributed by atoms with Crippen LogP contribution in [0.1, 0.15) is 18.9 Å². The summed E-state index contributed by atoms with van der Waals surface area (Å²) in [6.45, 7) is 2.18. The molecule has 17 heavy (non-hydrogen) atoms. The molecule has 86 valence electrons. The van der Waals surface area contributed by atoms with Gasteiger partial charge >= 0.3 is 0 Å². The van der Waals surface area contributed by atoms with Crippen LogP contribution in [0.3, 0.4) is 0 Å². The highest BCUT2D eigenvalue weighted by atomic mass is 32.2. The summed E-state index contributed by atoms with van der Waals surface area (Å²) in [5.41, 5.74) is 1.29. The summed E-state index contributed by atoms with van der Waals surface area (Å²) in [7, 11) is 0. The highest BCUT2D eigenvalue weighted by Gasteiger charge is 2.02. The van der Waals surface area contributed by atoms with E-state index in [1.807, 2.05) is 11.8 Å². The molecule has 0 heterocycles. The van der Waals surface area contributed by atoms with Crippen LogP contribution >= 0.6 is 11.8 Å². The molecule has 0 bridgehead atoms. The van der Waals surface area contributed by atoms with E-state index in [-0.39, 0.29) is 0 Å². The Morgan fingerprint density at radius 2 is 1.53 bits per heavy atom. The van der Waals surface area contributed by atoms with Crippen LogP contribution in [0.2, 0.25) is 0 Å². The van der Waals surface area contributed by atoms with Crippen LogP contribution in [0.15, 0.2) is 71.6 Å². The van der Waals surface area contributed by atoms with Crippen LogP contribution in [0.5, 0.6) is 0 Å². The summed E-state index contributed by atoms with van der Waals surface area (Å²) >= 11 is 1.83. The quantitative estimate of drug-likeness (QED) is 0.659. The molecule has 0 saturated heterocycles. The number of hydrogen-bond donors (Lipinski definition) is 0. The van der Waals surface area contributed by atoms with Gasteiger partial charge in [0.15, 0.2) is 0 Å². The molecule has 0 aromatic heterocycles. The molecule has 0 aliphatic carbocycles. The van der Waals surface area contributed by atoms with E-state index >= 15 is 0 Å². The van der Waals surface area contributed by atoms with Crippen molar-refractivity contribution < 1.29 is 0 Å². The van der Waals surface area contributed by atoms with Gasteiger partial charge < -0.3 is 0 Å². The van der Waals surface area contributed by atoms with Gasteiger partial charge in [-0.15, -0.1) is 0 Å². The van der Waals surface area contributed by atoms with Crippen LogP contribution in [0, 0.1) is 0 Å². The summed E-state index contributed by atoms with van der Waals surface area (Å²) in [5, 5.41) is 0. The Labute approximate surface area is 107 Å². The smallest absolute Gasteiger partial charge is 0.0154 e. The first-order chi connectivity index (χ1) is 8.40. The van der Waals surface area contributed by atoms with Crippen molar-refractivity contribution in [2.75, 3.05) is 0 Å². The Hall–Kier alpha value is -1.47. The lowest BCUT2D eigenvalue weighted by Gasteiger charge is -2.07. The monoisotopic (exact) mass is 240 g/mol. The summed E-state index contributed by atoms with van der Waals surface area (Å²) in [4.78, 5) is 2.62.